The lowest BCUT2D eigenvalue weighted by Gasteiger charge is -2.16. The maximum absolute atomic E-state index is 14.2. The fourth-order valence-corrected chi connectivity index (χ4v) is 3.54. The van der Waals surface area contributed by atoms with Gasteiger partial charge in [-0.05, 0) is 48.7 Å². The van der Waals surface area contributed by atoms with Crippen LogP contribution in [-0.4, -0.2) is 37.9 Å². The Labute approximate surface area is 167 Å². The monoisotopic (exact) mass is 389 g/mol. The van der Waals surface area contributed by atoms with Gasteiger partial charge in [0.2, 0.25) is 0 Å². The zero-order chi connectivity index (χ0) is 19.6. The smallest absolute Gasteiger partial charge is 0.188 e. The molecule has 146 valence electrons. The zero-order valence-electron chi connectivity index (χ0n) is 15.8. The highest BCUT2D eigenvalue weighted by atomic mass is 19.1. The average molecular weight is 389 g/mol. The van der Waals surface area contributed by atoms with Crippen molar-refractivity contribution in [1.82, 2.24) is 24.8 Å². The zero-order valence-corrected chi connectivity index (χ0v) is 15.8. The first-order chi connectivity index (χ1) is 14.3. The van der Waals surface area contributed by atoms with Crippen LogP contribution < -0.4 is 10.2 Å². The van der Waals surface area contributed by atoms with Crippen molar-refractivity contribution in [2.45, 2.75) is 19.4 Å². The van der Waals surface area contributed by atoms with Gasteiger partial charge in [0, 0.05) is 25.8 Å². The number of aromatic nitrogens is 5. The normalized spacial score (nSPS) is 13.9. The molecule has 0 amide bonds. The maximum Gasteiger partial charge on any atom is 0.188 e. The number of halogens is 1. The number of fused-ring (bicyclic) bond motifs is 1. The molecule has 1 saturated heterocycles. The summed E-state index contributed by atoms with van der Waals surface area (Å²) in [6.45, 7) is 2.75. The molecule has 1 N–H and O–H groups in total. The van der Waals surface area contributed by atoms with Gasteiger partial charge in [0.1, 0.15) is 17.5 Å². The molecule has 8 heteroatoms. The number of benzene rings is 1. The topological polar surface area (TPSA) is 71.2 Å². The second-order valence-corrected chi connectivity index (χ2v) is 7.06. The van der Waals surface area contributed by atoms with Crippen LogP contribution in [0.3, 0.4) is 0 Å². The minimum Gasteiger partial charge on any atom is -0.364 e. The van der Waals surface area contributed by atoms with Gasteiger partial charge in [-0.3, -0.25) is 0 Å². The molecule has 0 saturated carbocycles. The van der Waals surface area contributed by atoms with E-state index in [4.69, 9.17) is 0 Å². The molecule has 0 radical (unpaired) electrons. The quantitative estimate of drug-likeness (QED) is 0.563. The molecule has 0 spiro atoms. The number of anilines is 2. The number of nitrogens with zero attached hydrogens (tertiary/aromatic N) is 6. The molecule has 1 aliphatic heterocycles. The van der Waals surface area contributed by atoms with Crippen molar-refractivity contribution in [3.05, 3.63) is 66.1 Å². The van der Waals surface area contributed by atoms with E-state index < -0.39 is 0 Å². The molecule has 7 nitrogen and oxygen atoms in total. The summed E-state index contributed by atoms with van der Waals surface area (Å²) in [6, 6.07) is 14.3. The molecular weight excluding hydrogens is 369 g/mol. The highest BCUT2D eigenvalue weighted by molar-refractivity contribution is 5.60. The van der Waals surface area contributed by atoms with Gasteiger partial charge < -0.3 is 10.2 Å². The summed E-state index contributed by atoms with van der Waals surface area (Å²) in [6.07, 6.45) is 4.36. The minimum atomic E-state index is -0.355. The number of nitrogens with one attached hydrogen (secondary N) is 1. The van der Waals surface area contributed by atoms with E-state index in [1.807, 2.05) is 12.3 Å². The van der Waals surface area contributed by atoms with Crippen LogP contribution in [0, 0.1) is 5.82 Å². The Morgan fingerprint density at radius 1 is 0.966 bits per heavy atom. The molecule has 1 aliphatic rings. The van der Waals surface area contributed by atoms with Crippen molar-refractivity contribution in [3.8, 4) is 11.4 Å². The first kappa shape index (κ1) is 17.5. The molecule has 3 aromatic heterocycles. The van der Waals surface area contributed by atoms with Crippen molar-refractivity contribution in [2.75, 3.05) is 23.3 Å². The van der Waals surface area contributed by atoms with E-state index in [9.17, 15) is 4.39 Å². The Kier molecular flexibility index (Phi) is 4.51. The van der Waals surface area contributed by atoms with Crippen LogP contribution in [0.4, 0.5) is 16.0 Å². The largest absolute Gasteiger partial charge is 0.364 e. The third-order valence-electron chi connectivity index (χ3n) is 5.09. The third-order valence-corrected chi connectivity index (χ3v) is 5.09. The number of pyridine rings is 1. The molecule has 4 heterocycles. The number of hydrogen-bond donors (Lipinski definition) is 1. The fraction of sp³-hybridized carbons (Fsp3) is 0.238. The Bertz CT molecular complexity index is 1130. The molecule has 29 heavy (non-hydrogen) atoms. The molecule has 0 atom stereocenters. The van der Waals surface area contributed by atoms with Gasteiger partial charge >= 0.3 is 0 Å². The maximum atomic E-state index is 14.2. The second-order valence-electron chi connectivity index (χ2n) is 7.06. The van der Waals surface area contributed by atoms with E-state index in [0.717, 1.165) is 24.5 Å². The molecule has 1 fully saturated rings. The Morgan fingerprint density at radius 2 is 1.83 bits per heavy atom. The number of rotatable bonds is 5. The predicted octanol–water partition coefficient (Wildman–Crippen LogP) is 3.54. The molecule has 0 bridgehead atoms. The van der Waals surface area contributed by atoms with Crippen molar-refractivity contribution in [3.63, 3.8) is 0 Å². The van der Waals surface area contributed by atoms with Crippen molar-refractivity contribution >= 4 is 17.3 Å². The Morgan fingerprint density at radius 3 is 2.62 bits per heavy atom. The summed E-state index contributed by atoms with van der Waals surface area (Å²) in [5.74, 6) is 1.70. The molecule has 4 aromatic rings. The van der Waals surface area contributed by atoms with Crippen LogP contribution in [0.15, 0.2) is 54.7 Å². The van der Waals surface area contributed by atoms with E-state index in [1.165, 1.54) is 18.9 Å². The summed E-state index contributed by atoms with van der Waals surface area (Å²) < 4.78 is 15.7. The summed E-state index contributed by atoms with van der Waals surface area (Å²) in [7, 11) is 0. The Hall–Kier alpha value is -3.55. The highest BCUT2D eigenvalue weighted by Crippen LogP contribution is 2.22. The van der Waals surface area contributed by atoms with Crippen molar-refractivity contribution < 1.29 is 4.39 Å². The standard InChI is InChI=1S/C21H20FN7/c22-17-6-2-1-5-16(17)21-26-25-20-10-8-18(27-29(20)21)23-13-15-7-9-19(24-14-15)28-11-3-4-12-28/h1-2,5-10,14H,3-4,11-13H2,(H,23,27). The number of hydrogen-bond acceptors (Lipinski definition) is 6. The third kappa shape index (κ3) is 3.49. The second kappa shape index (κ2) is 7.46. The minimum absolute atomic E-state index is 0.355. The van der Waals surface area contributed by atoms with Gasteiger partial charge in [-0.1, -0.05) is 18.2 Å². The van der Waals surface area contributed by atoms with Gasteiger partial charge in [0.05, 0.1) is 5.56 Å². The lowest BCUT2D eigenvalue weighted by Crippen LogP contribution is -2.18. The SMILES string of the molecule is Fc1ccccc1-c1nnc2ccc(NCc3ccc(N4CCCC4)nc3)nn12. The molecule has 0 unspecified atom stereocenters. The summed E-state index contributed by atoms with van der Waals surface area (Å²) >= 11 is 0. The fourth-order valence-electron chi connectivity index (χ4n) is 3.54. The van der Waals surface area contributed by atoms with Gasteiger partial charge in [-0.2, -0.15) is 4.52 Å². The lowest BCUT2D eigenvalue weighted by molar-refractivity contribution is 0.629. The first-order valence-corrected chi connectivity index (χ1v) is 9.69. The first-order valence-electron chi connectivity index (χ1n) is 9.69. The van der Waals surface area contributed by atoms with Gasteiger partial charge in [-0.15, -0.1) is 15.3 Å². The van der Waals surface area contributed by atoms with Crippen LogP contribution >= 0.6 is 0 Å². The Balaban J connectivity index is 1.34. The predicted molar refractivity (Wildman–Crippen MR) is 109 cm³/mol. The molecule has 5 rings (SSSR count). The van der Waals surface area contributed by atoms with Crippen molar-refractivity contribution in [2.24, 2.45) is 0 Å². The van der Waals surface area contributed by atoms with Crippen LogP contribution in [0.2, 0.25) is 0 Å². The van der Waals surface area contributed by atoms with Gasteiger partial charge in [0.25, 0.3) is 0 Å². The van der Waals surface area contributed by atoms with Crippen LogP contribution in [0.25, 0.3) is 17.0 Å². The van der Waals surface area contributed by atoms with Gasteiger partial charge in [-0.25, -0.2) is 9.37 Å². The molecular formula is C21H20FN7. The summed E-state index contributed by atoms with van der Waals surface area (Å²) in [5.41, 5.74) is 1.99. The van der Waals surface area contributed by atoms with Crippen LogP contribution in [0.1, 0.15) is 18.4 Å². The molecule has 0 aliphatic carbocycles. The summed E-state index contributed by atoms with van der Waals surface area (Å²) in [4.78, 5) is 6.89. The average Bonchev–Trinajstić information content (AvgIpc) is 3.43. The van der Waals surface area contributed by atoms with Crippen molar-refractivity contribution in [1.29, 1.82) is 0 Å². The molecule has 1 aromatic carbocycles. The van der Waals surface area contributed by atoms with Crippen LogP contribution in [0.5, 0.6) is 0 Å². The summed E-state index contributed by atoms with van der Waals surface area (Å²) in [5, 5.41) is 16.0. The lowest BCUT2D eigenvalue weighted by atomic mass is 10.2. The highest BCUT2D eigenvalue weighted by Gasteiger charge is 2.14. The van der Waals surface area contributed by atoms with E-state index >= 15 is 0 Å². The van der Waals surface area contributed by atoms with E-state index in [1.54, 1.807) is 28.8 Å². The van der Waals surface area contributed by atoms with E-state index in [2.05, 4.69) is 42.6 Å². The van der Waals surface area contributed by atoms with E-state index in [0.29, 0.717) is 29.4 Å². The van der Waals surface area contributed by atoms with Gasteiger partial charge in [0.15, 0.2) is 11.5 Å². The van der Waals surface area contributed by atoms with E-state index in [-0.39, 0.29) is 5.82 Å². The van der Waals surface area contributed by atoms with Crippen LogP contribution in [-0.2, 0) is 6.54 Å².